The van der Waals surface area contributed by atoms with Crippen LogP contribution in [0.15, 0.2) is 12.3 Å². The monoisotopic (exact) mass is 229 g/mol. The van der Waals surface area contributed by atoms with Crippen LogP contribution in [0.2, 0.25) is 0 Å². The first-order chi connectivity index (χ1) is 7.62. The fraction of sp³-hybridized carbons (Fsp3) is 0.222. The zero-order valence-corrected chi connectivity index (χ0v) is 8.45. The van der Waals surface area contributed by atoms with Gasteiger partial charge in [-0.1, -0.05) is 0 Å². The van der Waals surface area contributed by atoms with Gasteiger partial charge in [-0.3, -0.25) is 4.79 Å². The van der Waals surface area contributed by atoms with E-state index >= 15 is 0 Å². The Bertz CT molecular complexity index is 365. The fourth-order valence-corrected chi connectivity index (χ4v) is 0.868. The first-order valence-corrected chi connectivity index (χ1v) is 4.06. The number of aliphatic hydroxyl groups is 1. The van der Waals surface area contributed by atoms with E-state index in [1.54, 1.807) is 0 Å². The molecule has 16 heavy (non-hydrogen) atoms. The lowest BCUT2D eigenvalue weighted by Gasteiger charge is -2.04. The van der Waals surface area contributed by atoms with E-state index in [-0.39, 0.29) is 30.1 Å². The highest BCUT2D eigenvalue weighted by Gasteiger charge is 2.15. The topological polar surface area (TPSA) is 117 Å². The maximum absolute atomic E-state index is 11.0. The maximum atomic E-state index is 11.0. The molecule has 7 nitrogen and oxygen atoms in total. The van der Waals surface area contributed by atoms with Crippen molar-refractivity contribution in [1.29, 1.82) is 0 Å². The number of carboxylic acid groups (broad SMARTS) is 1. The van der Waals surface area contributed by atoms with E-state index in [0.29, 0.717) is 0 Å². The molecule has 0 radical (unpaired) electrons. The summed E-state index contributed by atoms with van der Waals surface area (Å²) in [4.78, 5) is 23.0. The van der Waals surface area contributed by atoms with Crippen molar-refractivity contribution in [2.24, 2.45) is 0 Å². The number of nitrogens with zero attached hydrogens (tertiary/aromatic N) is 1. The lowest BCUT2D eigenvalue weighted by molar-refractivity contribution is -0.122. The minimum Gasteiger partial charge on any atom is -0.505 e. The van der Waals surface area contributed by atoms with Crippen LogP contribution in [0, 0.1) is 0 Å². The molecule has 0 bridgehead atoms. The average Bonchev–Trinajstić information content (AvgIpc) is 2.29. The van der Waals surface area contributed by atoms with Crippen molar-refractivity contribution in [3.63, 3.8) is 0 Å². The molecule has 1 heterocycles. The summed E-state index contributed by atoms with van der Waals surface area (Å²) in [5.41, 5.74) is 0.0597. The predicted molar refractivity (Wildman–Crippen MR) is 51.9 cm³/mol. The van der Waals surface area contributed by atoms with Crippen LogP contribution in [-0.2, 0) is 16.1 Å². The average molecular weight is 229 g/mol. The first-order valence-electron chi connectivity index (χ1n) is 4.06. The Morgan fingerprint density at radius 2 is 2.19 bits per heavy atom. The standard InChI is InChI=1S/C8H9NO4.CH2O2/c1-13-8(12)6-7(11)5(4-10)2-3-9-6;2-1-3/h2-3,10-11H,4H2,1H3;1H,(H,2,3). The van der Waals surface area contributed by atoms with Crippen molar-refractivity contribution in [1.82, 2.24) is 4.98 Å². The summed E-state index contributed by atoms with van der Waals surface area (Å²) < 4.78 is 4.37. The van der Waals surface area contributed by atoms with E-state index in [9.17, 15) is 9.90 Å². The Hall–Kier alpha value is -2.15. The van der Waals surface area contributed by atoms with E-state index in [1.165, 1.54) is 19.4 Å². The van der Waals surface area contributed by atoms with Gasteiger partial charge in [-0.05, 0) is 6.07 Å². The van der Waals surface area contributed by atoms with Crippen molar-refractivity contribution in [3.8, 4) is 5.75 Å². The van der Waals surface area contributed by atoms with Crippen LogP contribution in [0.5, 0.6) is 5.75 Å². The van der Waals surface area contributed by atoms with E-state index < -0.39 is 5.97 Å². The second-order valence-corrected chi connectivity index (χ2v) is 2.42. The third-order valence-electron chi connectivity index (χ3n) is 1.56. The van der Waals surface area contributed by atoms with Crippen LogP contribution in [0.1, 0.15) is 16.1 Å². The molecule has 0 atom stereocenters. The smallest absolute Gasteiger partial charge is 0.360 e. The minimum atomic E-state index is -0.729. The first kappa shape index (κ1) is 13.8. The molecule has 88 valence electrons. The molecule has 3 N–H and O–H groups in total. The van der Waals surface area contributed by atoms with Crippen molar-refractivity contribution in [3.05, 3.63) is 23.5 Å². The molecule has 0 aromatic carbocycles. The van der Waals surface area contributed by atoms with E-state index in [1.807, 2.05) is 0 Å². The molecule has 0 aliphatic rings. The molecule has 0 aliphatic heterocycles. The Labute approximate surface area is 90.9 Å². The van der Waals surface area contributed by atoms with Crippen LogP contribution in [0.3, 0.4) is 0 Å². The summed E-state index contributed by atoms with van der Waals surface area (Å²) in [5, 5.41) is 25.0. The number of hydrogen-bond donors (Lipinski definition) is 3. The molecule has 1 aromatic rings. The lowest BCUT2D eigenvalue weighted by Crippen LogP contribution is -2.05. The SMILES string of the molecule is COC(=O)c1nccc(CO)c1O.O=CO. The van der Waals surface area contributed by atoms with Gasteiger partial charge in [0.05, 0.1) is 13.7 Å². The summed E-state index contributed by atoms with van der Waals surface area (Å²) in [6.07, 6.45) is 1.32. The molecule has 1 aromatic heterocycles. The molecule has 0 spiro atoms. The third kappa shape index (κ3) is 3.54. The lowest BCUT2D eigenvalue weighted by atomic mass is 10.2. The molecule has 7 heteroatoms. The van der Waals surface area contributed by atoms with E-state index in [2.05, 4.69) is 9.72 Å². The molecule has 0 unspecified atom stereocenters. The zero-order chi connectivity index (χ0) is 12.6. The number of aromatic nitrogens is 1. The number of aliphatic hydroxyl groups excluding tert-OH is 1. The molecule has 1 rings (SSSR count). The number of carbonyl (C=O) groups excluding carboxylic acids is 1. The van der Waals surface area contributed by atoms with Gasteiger partial charge in [0.2, 0.25) is 0 Å². The van der Waals surface area contributed by atoms with Crippen molar-refractivity contribution in [2.75, 3.05) is 7.11 Å². The van der Waals surface area contributed by atoms with Crippen LogP contribution < -0.4 is 0 Å². The van der Waals surface area contributed by atoms with Crippen LogP contribution in [-0.4, -0.2) is 39.9 Å². The number of rotatable bonds is 2. The van der Waals surface area contributed by atoms with Gasteiger partial charge in [0.25, 0.3) is 6.47 Å². The third-order valence-corrected chi connectivity index (χ3v) is 1.56. The van der Waals surface area contributed by atoms with Gasteiger partial charge in [-0.2, -0.15) is 0 Å². The fourth-order valence-electron chi connectivity index (χ4n) is 0.868. The Balaban J connectivity index is 0.000000673. The highest BCUT2D eigenvalue weighted by Crippen LogP contribution is 2.20. The van der Waals surface area contributed by atoms with E-state index in [0.717, 1.165) is 0 Å². The summed E-state index contributed by atoms with van der Waals surface area (Å²) in [6.45, 7) is -0.599. The number of carbonyl (C=O) groups is 2. The van der Waals surface area contributed by atoms with E-state index in [4.69, 9.17) is 15.0 Å². The van der Waals surface area contributed by atoms with Gasteiger partial charge in [-0.15, -0.1) is 0 Å². The summed E-state index contributed by atoms with van der Waals surface area (Å²) in [7, 11) is 1.19. The number of aromatic hydroxyl groups is 1. The highest BCUT2D eigenvalue weighted by molar-refractivity contribution is 5.90. The highest BCUT2D eigenvalue weighted by atomic mass is 16.5. The van der Waals surface area contributed by atoms with Gasteiger partial charge in [-0.25, -0.2) is 9.78 Å². The second-order valence-electron chi connectivity index (χ2n) is 2.42. The summed E-state index contributed by atoms with van der Waals surface area (Å²) in [5.74, 6) is -1.07. The molecule has 0 aliphatic carbocycles. The summed E-state index contributed by atoms with van der Waals surface area (Å²) in [6, 6.07) is 1.42. The largest absolute Gasteiger partial charge is 0.505 e. The molecule has 0 saturated heterocycles. The molecule has 0 amide bonds. The van der Waals surface area contributed by atoms with Gasteiger partial charge >= 0.3 is 5.97 Å². The van der Waals surface area contributed by atoms with Crippen LogP contribution in [0.25, 0.3) is 0 Å². The van der Waals surface area contributed by atoms with Crippen LogP contribution in [0.4, 0.5) is 0 Å². The maximum Gasteiger partial charge on any atom is 0.360 e. The minimum absolute atomic E-state index is 0.186. The normalized spacial score (nSPS) is 8.62. The number of ether oxygens (including phenoxy) is 1. The van der Waals surface area contributed by atoms with Crippen molar-refractivity contribution in [2.45, 2.75) is 6.61 Å². The number of esters is 1. The number of pyridine rings is 1. The molecular formula is C9H11NO6. The number of hydrogen-bond acceptors (Lipinski definition) is 6. The predicted octanol–water partition coefficient (Wildman–Crippen LogP) is -0.233. The number of methoxy groups -OCH3 is 1. The Morgan fingerprint density at radius 1 is 1.62 bits per heavy atom. The Morgan fingerprint density at radius 3 is 2.62 bits per heavy atom. The zero-order valence-electron chi connectivity index (χ0n) is 8.45. The van der Waals surface area contributed by atoms with Gasteiger partial charge < -0.3 is 20.1 Å². The van der Waals surface area contributed by atoms with Gasteiger partial charge in [0.1, 0.15) is 0 Å². The summed E-state index contributed by atoms with van der Waals surface area (Å²) >= 11 is 0. The quantitative estimate of drug-likeness (QED) is 0.473. The van der Waals surface area contributed by atoms with Crippen molar-refractivity contribution < 1.29 is 29.6 Å². The molecule has 0 saturated carbocycles. The molecule has 0 fully saturated rings. The van der Waals surface area contributed by atoms with Gasteiger partial charge in [0.15, 0.2) is 11.4 Å². The van der Waals surface area contributed by atoms with Crippen LogP contribution >= 0.6 is 0 Å². The Kier molecular flexibility index (Phi) is 6.22. The molecular weight excluding hydrogens is 218 g/mol. The second kappa shape index (κ2) is 7.18. The van der Waals surface area contributed by atoms with Gasteiger partial charge in [0, 0.05) is 11.8 Å². The van der Waals surface area contributed by atoms with Crippen molar-refractivity contribution >= 4 is 12.4 Å².